The summed E-state index contributed by atoms with van der Waals surface area (Å²) in [6, 6.07) is 12.3. The smallest absolute Gasteiger partial charge is 0.131 e. The van der Waals surface area contributed by atoms with Crippen molar-refractivity contribution in [1.82, 2.24) is 0 Å². The molecule has 2 nitrogen and oxygen atoms in total. The van der Waals surface area contributed by atoms with Crippen LogP contribution in [0.5, 0.6) is 5.75 Å². The minimum absolute atomic E-state index is 0.112. The maximum atomic E-state index is 13.6. The van der Waals surface area contributed by atoms with Gasteiger partial charge in [0.15, 0.2) is 0 Å². The zero-order chi connectivity index (χ0) is 14.7. The Kier molecular flexibility index (Phi) is 4.46. The largest absolute Gasteiger partial charge is 0.489 e. The van der Waals surface area contributed by atoms with Crippen LogP contribution in [0.15, 0.2) is 47.5 Å². The number of benzene rings is 2. The third kappa shape index (κ3) is 3.39. The van der Waals surface area contributed by atoms with Gasteiger partial charge in [0.2, 0.25) is 0 Å². The molecule has 0 radical (unpaired) electrons. The molecular formula is C16H13ClFNOS. The summed E-state index contributed by atoms with van der Waals surface area (Å²) < 4.78 is 19.2. The van der Waals surface area contributed by atoms with Gasteiger partial charge in [0.05, 0.1) is 10.1 Å². The molecule has 0 unspecified atom stereocenters. The van der Waals surface area contributed by atoms with Crippen LogP contribution in [0, 0.1) is 5.82 Å². The van der Waals surface area contributed by atoms with E-state index in [0.29, 0.717) is 16.3 Å². The molecule has 0 saturated heterocycles. The average molecular weight is 322 g/mol. The molecule has 1 aliphatic heterocycles. The maximum Gasteiger partial charge on any atom is 0.131 e. The lowest BCUT2D eigenvalue weighted by atomic mass is 10.2. The first-order chi connectivity index (χ1) is 10.2. The summed E-state index contributed by atoms with van der Waals surface area (Å²) in [4.78, 5) is 4.42. The molecule has 0 amide bonds. The Hall–Kier alpha value is -1.52. The summed E-state index contributed by atoms with van der Waals surface area (Å²) in [5.74, 6) is 1.37. The fourth-order valence-electron chi connectivity index (χ4n) is 2.03. The summed E-state index contributed by atoms with van der Waals surface area (Å²) in [6.45, 7) is 0.991. The third-order valence-corrected chi connectivity index (χ3v) is 4.51. The fraction of sp³-hybridized carbons (Fsp3) is 0.188. The molecule has 0 bridgehead atoms. The first-order valence-electron chi connectivity index (χ1n) is 6.57. The summed E-state index contributed by atoms with van der Waals surface area (Å²) in [7, 11) is 0. The average Bonchev–Trinajstić information content (AvgIpc) is 3.02. The van der Waals surface area contributed by atoms with Gasteiger partial charge in [-0.2, -0.15) is 0 Å². The van der Waals surface area contributed by atoms with Crippen molar-refractivity contribution in [2.75, 3.05) is 12.3 Å². The standard InChI is InChI=1S/C16H13ClFNOS/c17-14-2-1-3-15(18)13(14)10-20-12-6-4-11(5-7-12)16-19-8-9-21-16/h1-7H,8-10H2. The summed E-state index contributed by atoms with van der Waals surface area (Å²) in [5, 5.41) is 1.45. The molecule has 0 aliphatic carbocycles. The van der Waals surface area contributed by atoms with Gasteiger partial charge in [-0.3, -0.25) is 4.99 Å². The van der Waals surface area contributed by atoms with E-state index in [1.165, 1.54) is 6.07 Å². The minimum Gasteiger partial charge on any atom is -0.489 e. The Balaban J connectivity index is 1.68. The summed E-state index contributed by atoms with van der Waals surface area (Å²) >= 11 is 7.73. The Morgan fingerprint density at radius 3 is 2.67 bits per heavy atom. The van der Waals surface area contributed by atoms with Crippen LogP contribution in [0.1, 0.15) is 11.1 Å². The van der Waals surface area contributed by atoms with Crippen LogP contribution in [0.25, 0.3) is 0 Å². The summed E-state index contributed by atoms with van der Waals surface area (Å²) in [5.41, 5.74) is 1.47. The van der Waals surface area contributed by atoms with Crippen LogP contribution in [0.3, 0.4) is 0 Å². The second kappa shape index (κ2) is 6.50. The normalized spacial score (nSPS) is 14.1. The van der Waals surface area contributed by atoms with Gasteiger partial charge in [0.1, 0.15) is 18.2 Å². The van der Waals surface area contributed by atoms with Gasteiger partial charge < -0.3 is 4.74 Å². The summed E-state index contributed by atoms with van der Waals surface area (Å²) in [6.07, 6.45) is 0. The number of hydrogen-bond acceptors (Lipinski definition) is 3. The first kappa shape index (κ1) is 14.4. The van der Waals surface area contributed by atoms with E-state index in [-0.39, 0.29) is 12.4 Å². The van der Waals surface area contributed by atoms with E-state index >= 15 is 0 Å². The molecule has 0 fully saturated rings. The third-order valence-electron chi connectivity index (χ3n) is 3.13. The Bertz CT molecular complexity index is 652. The first-order valence-corrected chi connectivity index (χ1v) is 7.94. The molecule has 5 heteroatoms. The van der Waals surface area contributed by atoms with E-state index in [9.17, 15) is 4.39 Å². The highest BCUT2D eigenvalue weighted by molar-refractivity contribution is 8.14. The molecule has 108 valence electrons. The van der Waals surface area contributed by atoms with Gasteiger partial charge in [-0.05, 0) is 36.4 Å². The van der Waals surface area contributed by atoms with Crippen molar-refractivity contribution in [2.24, 2.45) is 4.99 Å². The fourth-order valence-corrected chi connectivity index (χ4v) is 3.11. The van der Waals surface area contributed by atoms with Crippen molar-refractivity contribution in [2.45, 2.75) is 6.61 Å². The number of rotatable bonds is 4. The lowest BCUT2D eigenvalue weighted by molar-refractivity contribution is 0.300. The topological polar surface area (TPSA) is 21.6 Å². The number of hydrogen-bond donors (Lipinski definition) is 0. The van der Waals surface area contributed by atoms with E-state index < -0.39 is 0 Å². The second-order valence-corrected chi connectivity index (χ2v) is 6.04. The SMILES string of the molecule is Fc1cccc(Cl)c1COc1ccc(C2=NCCS2)cc1. The molecule has 0 aromatic heterocycles. The monoisotopic (exact) mass is 321 g/mol. The molecule has 0 N–H and O–H groups in total. The van der Waals surface area contributed by atoms with Gasteiger partial charge >= 0.3 is 0 Å². The van der Waals surface area contributed by atoms with E-state index in [0.717, 1.165) is 22.9 Å². The highest BCUT2D eigenvalue weighted by Crippen LogP contribution is 2.24. The number of ether oxygens (including phenoxy) is 1. The van der Waals surface area contributed by atoms with E-state index in [2.05, 4.69) is 4.99 Å². The van der Waals surface area contributed by atoms with Crippen molar-refractivity contribution < 1.29 is 9.13 Å². The molecule has 21 heavy (non-hydrogen) atoms. The van der Waals surface area contributed by atoms with Gasteiger partial charge in [0, 0.05) is 23.4 Å². The quantitative estimate of drug-likeness (QED) is 0.824. The molecule has 1 aliphatic rings. The van der Waals surface area contributed by atoms with Gasteiger partial charge in [0.25, 0.3) is 0 Å². The van der Waals surface area contributed by atoms with E-state index in [1.54, 1.807) is 23.9 Å². The zero-order valence-corrected chi connectivity index (χ0v) is 12.8. The lowest BCUT2D eigenvalue weighted by Crippen LogP contribution is -2.00. The highest BCUT2D eigenvalue weighted by atomic mass is 35.5. The van der Waals surface area contributed by atoms with Crippen LogP contribution in [0.2, 0.25) is 5.02 Å². The maximum absolute atomic E-state index is 13.6. The van der Waals surface area contributed by atoms with Crippen LogP contribution in [0.4, 0.5) is 4.39 Å². The Labute approximate surface area is 132 Å². The van der Waals surface area contributed by atoms with Crippen molar-refractivity contribution in [3.05, 3.63) is 64.4 Å². The number of aliphatic imine (C=N–C) groups is 1. The number of thioether (sulfide) groups is 1. The number of nitrogens with zero attached hydrogens (tertiary/aromatic N) is 1. The predicted octanol–water partition coefficient (Wildman–Crippen LogP) is 4.55. The van der Waals surface area contributed by atoms with Gasteiger partial charge in [-0.25, -0.2) is 4.39 Å². The van der Waals surface area contributed by atoms with Crippen LogP contribution < -0.4 is 4.74 Å². The molecule has 0 saturated carbocycles. The lowest BCUT2D eigenvalue weighted by Gasteiger charge is -2.09. The second-order valence-electron chi connectivity index (χ2n) is 4.55. The molecule has 3 rings (SSSR count). The molecule has 2 aromatic rings. The van der Waals surface area contributed by atoms with Crippen LogP contribution >= 0.6 is 23.4 Å². The van der Waals surface area contributed by atoms with Gasteiger partial charge in [-0.1, -0.05) is 17.7 Å². The molecular weight excluding hydrogens is 309 g/mol. The highest BCUT2D eigenvalue weighted by Gasteiger charge is 2.10. The van der Waals surface area contributed by atoms with Crippen molar-refractivity contribution in [3.8, 4) is 5.75 Å². The zero-order valence-electron chi connectivity index (χ0n) is 11.2. The Morgan fingerprint density at radius 2 is 2.00 bits per heavy atom. The molecule has 0 atom stereocenters. The van der Waals surface area contributed by atoms with Crippen LogP contribution in [-0.2, 0) is 6.61 Å². The number of halogens is 2. The van der Waals surface area contributed by atoms with Crippen molar-refractivity contribution in [3.63, 3.8) is 0 Å². The van der Waals surface area contributed by atoms with Crippen molar-refractivity contribution >= 4 is 28.4 Å². The van der Waals surface area contributed by atoms with Crippen molar-refractivity contribution in [1.29, 1.82) is 0 Å². The van der Waals surface area contributed by atoms with Crippen LogP contribution in [-0.4, -0.2) is 17.3 Å². The molecule has 0 spiro atoms. The molecule has 2 aromatic carbocycles. The minimum atomic E-state index is -0.351. The molecule has 1 heterocycles. The predicted molar refractivity (Wildman–Crippen MR) is 86.0 cm³/mol. The van der Waals surface area contributed by atoms with E-state index in [1.807, 2.05) is 24.3 Å². The Morgan fingerprint density at radius 1 is 1.19 bits per heavy atom. The van der Waals surface area contributed by atoms with Gasteiger partial charge in [-0.15, -0.1) is 11.8 Å². The van der Waals surface area contributed by atoms with E-state index in [4.69, 9.17) is 16.3 Å².